The maximum absolute atomic E-state index is 13.2. The zero-order chi connectivity index (χ0) is 18.6. The maximum atomic E-state index is 13.2. The van der Waals surface area contributed by atoms with Gasteiger partial charge in [-0.3, -0.25) is 4.79 Å². The van der Waals surface area contributed by atoms with Gasteiger partial charge in [0.2, 0.25) is 10.0 Å². The lowest BCUT2D eigenvalue weighted by Gasteiger charge is -2.12. The Morgan fingerprint density at radius 3 is 2.73 bits per heavy atom. The van der Waals surface area contributed by atoms with Gasteiger partial charge >= 0.3 is 0 Å². The van der Waals surface area contributed by atoms with E-state index in [1.165, 1.54) is 36.4 Å². The van der Waals surface area contributed by atoms with E-state index >= 15 is 0 Å². The van der Waals surface area contributed by atoms with E-state index in [0.29, 0.717) is 25.2 Å². The third-order valence-corrected chi connectivity index (χ3v) is 5.52. The molecule has 3 rings (SSSR count). The maximum Gasteiger partial charge on any atom is 0.251 e. The van der Waals surface area contributed by atoms with E-state index < -0.39 is 15.9 Å². The van der Waals surface area contributed by atoms with Gasteiger partial charge in [0.25, 0.3) is 5.91 Å². The van der Waals surface area contributed by atoms with Crippen molar-refractivity contribution in [3.8, 4) is 0 Å². The van der Waals surface area contributed by atoms with E-state index in [9.17, 15) is 17.6 Å². The van der Waals surface area contributed by atoms with E-state index in [-0.39, 0.29) is 28.9 Å². The largest absolute Gasteiger partial charge is 0.380 e. The van der Waals surface area contributed by atoms with Crippen LogP contribution < -0.4 is 10.0 Å². The smallest absolute Gasteiger partial charge is 0.251 e. The highest BCUT2D eigenvalue weighted by Crippen LogP contribution is 2.14. The topological polar surface area (TPSA) is 84.5 Å². The molecule has 1 atom stereocenters. The van der Waals surface area contributed by atoms with Crippen molar-refractivity contribution in [1.82, 2.24) is 10.0 Å². The van der Waals surface area contributed by atoms with E-state index in [4.69, 9.17) is 4.74 Å². The first-order chi connectivity index (χ1) is 12.4. The molecule has 0 radical (unpaired) electrons. The second-order valence-electron chi connectivity index (χ2n) is 6.02. The number of carbonyl (C=O) groups is 1. The van der Waals surface area contributed by atoms with Gasteiger partial charge in [0.15, 0.2) is 0 Å². The average molecular weight is 378 g/mol. The van der Waals surface area contributed by atoms with Crippen molar-refractivity contribution in [3.63, 3.8) is 0 Å². The molecule has 1 amide bonds. The number of ether oxygens (including phenoxy) is 1. The van der Waals surface area contributed by atoms with E-state index in [0.717, 1.165) is 0 Å². The number of benzene rings is 2. The fraction of sp³-hybridized carbons (Fsp3) is 0.278. The molecule has 1 heterocycles. The van der Waals surface area contributed by atoms with Gasteiger partial charge < -0.3 is 10.1 Å². The predicted octanol–water partition coefficient (Wildman–Crippen LogP) is 1.82. The van der Waals surface area contributed by atoms with Gasteiger partial charge in [-0.25, -0.2) is 17.5 Å². The Hall–Kier alpha value is -2.29. The second kappa shape index (κ2) is 7.94. The molecule has 26 heavy (non-hydrogen) atoms. The molecule has 0 aromatic heterocycles. The lowest BCUT2D eigenvalue weighted by atomic mass is 10.2. The first-order valence-electron chi connectivity index (χ1n) is 8.17. The normalized spacial score (nSPS) is 17.2. The lowest BCUT2D eigenvalue weighted by Crippen LogP contribution is -2.35. The first kappa shape index (κ1) is 18.5. The molecular weight excluding hydrogens is 359 g/mol. The van der Waals surface area contributed by atoms with E-state index in [1.807, 2.05) is 0 Å². The van der Waals surface area contributed by atoms with Crippen LogP contribution in [-0.2, 0) is 21.3 Å². The summed E-state index contributed by atoms with van der Waals surface area (Å²) in [6.07, 6.45) is 0.618. The summed E-state index contributed by atoms with van der Waals surface area (Å²) in [6.45, 7) is 1.01. The van der Waals surface area contributed by atoms with Gasteiger partial charge in [-0.1, -0.05) is 18.2 Å². The zero-order valence-corrected chi connectivity index (χ0v) is 14.8. The van der Waals surface area contributed by atoms with Crippen LogP contribution >= 0.6 is 0 Å². The van der Waals surface area contributed by atoms with Crippen molar-refractivity contribution in [2.24, 2.45) is 0 Å². The lowest BCUT2D eigenvalue weighted by molar-refractivity contribution is 0.0950. The summed E-state index contributed by atoms with van der Waals surface area (Å²) in [4.78, 5) is 12.3. The Balaban J connectivity index is 1.68. The summed E-state index contributed by atoms with van der Waals surface area (Å²) in [5.74, 6) is -0.817. The molecule has 8 heteroatoms. The number of hydrogen-bond donors (Lipinski definition) is 2. The molecule has 1 fully saturated rings. The summed E-state index contributed by atoms with van der Waals surface area (Å²) in [5.41, 5.74) is 0.831. The molecule has 6 nitrogen and oxygen atoms in total. The van der Waals surface area contributed by atoms with Crippen LogP contribution in [-0.4, -0.2) is 33.6 Å². The van der Waals surface area contributed by atoms with Crippen LogP contribution in [0.1, 0.15) is 22.3 Å². The Kier molecular flexibility index (Phi) is 5.65. The highest BCUT2D eigenvalue weighted by molar-refractivity contribution is 7.89. The van der Waals surface area contributed by atoms with Gasteiger partial charge in [0.05, 0.1) is 11.5 Å². The fourth-order valence-electron chi connectivity index (χ4n) is 2.65. The molecule has 0 saturated carbocycles. The third-order valence-electron chi connectivity index (χ3n) is 4.00. The van der Waals surface area contributed by atoms with Crippen molar-refractivity contribution < 1.29 is 22.3 Å². The summed E-state index contributed by atoms with van der Waals surface area (Å²) in [5, 5.41) is 2.65. The zero-order valence-electron chi connectivity index (χ0n) is 13.9. The molecule has 2 N–H and O–H groups in total. The van der Waals surface area contributed by atoms with Gasteiger partial charge in [-0.2, -0.15) is 0 Å². The molecule has 1 aliphatic rings. The average Bonchev–Trinajstić information content (AvgIpc) is 3.12. The quantitative estimate of drug-likeness (QED) is 0.803. The predicted molar refractivity (Wildman–Crippen MR) is 93.6 cm³/mol. The summed E-state index contributed by atoms with van der Waals surface area (Å²) < 4.78 is 45.8. The number of carbonyl (C=O) groups excluding carboxylic acids is 1. The number of nitrogens with one attached hydrogen (secondary N) is 2. The van der Waals surface area contributed by atoms with Crippen LogP contribution in [0.3, 0.4) is 0 Å². The summed E-state index contributed by atoms with van der Waals surface area (Å²) in [6, 6.07) is 11.4. The van der Waals surface area contributed by atoms with Crippen molar-refractivity contribution in [2.45, 2.75) is 23.9 Å². The van der Waals surface area contributed by atoms with Crippen molar-refractivity contribution >= 4 is 15.9 Å². The summed E-state index contributed by atoms with van der Waals surface area (Å²) >= 11 is 0. The monoisotopic (exact) mass is 378 g/mol. The highest BCUT2D eigenvalue weighted by atomic mass is 32.2. The van der Waals surface area contributed by atoms with Crippen molar-refractivity contribution in [2.75, 3.05) is 13.2 Å². The number of amides is 1. The molecule has 2 aromatic carbocycles. The van der Waals surface area contributed by atoms with Gasteiger partial charge in [-0.15, -0.1) is 0 Å². The van der Waals surface area contributed by atoms with E-state index in [2.05, 4.69) is 10.0 Å². The molecule has 1 unspecified atom stereocenters. The van der Waals surface area contributed by atoms with Crippen molar-refractivity contribution in [3.05, 3.63) is 65.5 Å². The SMILES string of the molecule is O=C(NCc1cccc(F)c1)c1cccc(S(=O)(=O)NC2CCOC2)c1. The minimum atomic E-state index is -3.73. The van der Waals surface area contributed by atoms with Crippen LogP contribution in [0.5, 0.6) is 0 Å². The Labute approximate surface area is 151 Å². The number of rotatable bonds is 6. The highest BCUT2D eigenvalue weighted by Gasteiger charge is 2.24. The second-order valence-corrected chi connectivity index (χ2v) is 7.74. The third kappa shape index (κ3) is 4.66. The number of sulfonamides is 1. The standard InChI is InChI=1S/C18H19FN2O4S/c19-15-5-1-3-13(9-15)11-20-18(22)14-4-2-6-17(10-14)26(23,24)21-16-7-8-25-12-16/h1-6,9-10,16,21H,7-8,11-12H2,(H,20,22). The number of halogens is 1. The molecule has 2 aromatic rings. The minimum Gasteiger partial charge on any atom is -0.380 e. The summed E-state index contributed by atoms with van der Waals surface area (Å²) in [7, 11) is -3.73. The minimum absolute atomic E-state index is 0.0165. The van der Waals surface area contributed by atoms with Crippen LogP contribution in [0, 0.1) is 5.82 Å². The Morgan fingerprint density at radius 2 is 2.00 bits per heavy atom. The van der Waals surface area contributed by atoms with Crippen molar-refractivity contribution in [1.29, 1.82) is 0 Å². The van der Waals surface area contributed by atoms with E-state index in [1.54, 1.807) is 12.1 Å². The van der Waals surface area contributed by atoms with Gasteiger partial charge in [-0.05, 0) is 42.3 Å². The van der Waals surface area contributed by atoms with Crippen LogP contribution in [0.4, 0.5) is 4.39 Å². The molecule has 0 aliphatic carbocycles. The molecule has 1 saturated heterocycles. The van der Waals surface area contributed by atoms with Gasteiger partial charge in [0.1, 0.15) is 5.82 Å². The fourth-order valence-corrected chi connectivity index (χ4v) is 3.95. The van der Waals surface area contributed by atoms with Crippen LogP contribution in [0.15, 0.2) is 53.4 Å². The molecule has 138 valence electrons. The Morgan fingerprint density at radius 1 is 1.19 bits per heavy atom. The number of hydrogen-bond acceptors (Lipinski definition) is 4. The van der Waals surface area contributed by atoms with Gasteiger partial charge in [0, 0.05) is 24.8 Å². The molecule has 0 bridgehead atoms. The van der Waals surface area contributed by atoms with Crippen LogP contribution in [0.2, 0.25) is 0 Å². The molecule has 1 aliphatic heterocycles. The molecular formula is C18H19FN2O4S. The Bertz CT molecular complexity index is 896. The molecule has 0 spiro atoms. The first-order valence-corrected chi connectivity index (χ1v) is 9.65. The van der Waals surface area contributed by atoms with Crippen LogP contribution in [0.25, 0.3) is 0 Å².